The lowest BCUT2D eigenvalue weighted by molar-refractivity contribution is -0.121. The van der Waals surface area contributed by atoms with Gasteiger partial charge in [-0.3, -0.25) is 15.1 Å². The molecule has 0 aromatic heterocycles. The summed E-state index contributed by atoms with van der Waals surface area (Å²) in [7, 11) is 0. The van der Waals surface area contributed by atoms with Gasteiger partial charge in [-0.15, -0.1) is 0 Å². The van der Waals surface area contributed by atoms with E-state index in [9.17, 15) is 4.79 Å². The molecule has 1 amide bonds. The highest BCUT2D eigenvalue weighted by molar-refractivity contribution is 5.75. The number of amides is 1. The topological polar surface area (TPSA) is 70.4 Å². The van der Waals surface area contributed by atoms with Crippen LogP contribution in [0.3, 0.4) is 0 Å². The van der Waals surface area contributed by atoms with E-state index in [1.165, 1.54) is 12.8 Å². The second kappa shape index (κ2) is 8.45. The average Bonchev–Trinajstić information content (AvgIpc) is 2.42. The summed E-state index contributed by atoms with van der Waals surface area (Å²) in [5, 5.41) is 3.40. The fraction of sp³-hybridized carbons (Fsp3) is 0.923. The molecule has 0 bridgehead atoms. The number of hydrazine groups is 1. The van der Waals surface area contributed by atoms with Gasteiger partial charge in [0, 0.05) is 18.5 Å². The lowest BCUT2D eigenvalue weighted by Crippen LogP contribution is -2.47. The molecular formula is C13H28N4O. The Balaban J connectivity index is 2.45. The van der Waals surface area contributed by atoms with E-state index in [1.54, 1.807) is 0 Å². The zero-order valence-corrected chi connectivity index (χ0v) is 11.7. The number of carbonyl (C=O) groups is 1. The Labute approximate surface area is 110 Å². The first-order valence-electron chi connectivity index (χ1n) is 7.15. The number of nitrogens with two attached hydrogens (primary N) is 1. The van der Waals surface area contributed by atoms with Crippen LogP contribution in [0, 0.1) is 0 Å². The Morgan fingerprint density at radius 3 is 2.72 bits per heavy atom. The van der Waals surface area contributed by atoms with Crippen LogP contribution >= 0.6 is 0 Å². The monoisotopic (exact) mass is 256 g/mol. The van der Waals surface area contributed by atoms with Crippen molar-refractivity contribution in [3.05, 3.63) is 0 Å². The predicted octanol–water partition coefficient (Wildman–Crippen LogP) is 0.609. The molecule has 0 aliphatic carbocycles. The molecule has 1 atom stereocenters. The van der Waals surface area contributed by atoms with Crippen LogP contribution in [0.25, 0.3) is 0 Å². The van der Waals surface area contributed by atoms with Gasteiger partial charge in [0.05, 0.1) is 0 Å². The molecule has 1 fully saturated rings. The molecule has 1 aliphatic heterocycles. The minimum absolute atomic E-state index is 0.0661. The van der Waals surface area contributed by atoms with Gasteiger partial charge < -0.3 is 5.32 Å². The van der Waals surface area contributed by atoms with Gasteiger partial charge >= 0.3 is 0 Å². The van der Waals surface area contributed by atoms with Crippen LogP contribution in [-0.4, -0.2) is 42.5 Å². The number of carbonyl (C=O) groups excluding carboxylic acids is 1. The molecule has 4 N–H and O–H groups in total. The summed E-state index contributed by atoms with van der Waals surface area (Å²) < 4.78 is 0. The van der Waals surface area contributed by atoms with Crippen molar-refractivity contribution in [2.24, 2.45) is 5.84 Å². The van der Waals surface area contributed by atoms with Crippen LogP contribution < -0.4 is 16.6 Å². The van der Waals surface area contributed by atoms with E-state index in [0.717, 1.165) is 32.5 Å². The lowest BCUT2D eigenvalue weighted by Gasteiger charge is -2.38. The summed E-state index contributed by atoms with van der Waals surface area (Å²) in [4.78, 5) is 13.8. The van der Waals surface area contributed by atoms with Crippen molar-refractivity contribution in [3.63, 3.8) is 0 Å². The Hall–Kier alpha value is -0.650. The molecule has 0 aromatic carbocycles. The van der Waals surface area contributed by atoms with Gasteiger partial charge in [-0.25, -0.2) is 5.84 Å². The SMILES string of the molecule is CCCN(C(C)CCC(=O)NN)C1CCNCC1. The number of hydrogen-bond donors (Lipinski definition) is 3. The maximum Gasteiger partial charge on any atom is 0.233 e. The molecule has 0 spiro atoms. The zero-order valence-electron chi connectivity index (χ0n) is 11.7. The number of nitrogens with one attached hydrogen (secondary N) is 2. The summed E-state index contributed by atoms with van der Waals surface area (Å²) in [6.45, 7) is 7.78. The third kappa shape index (κ3) is 4.92. The van der Waals surface area contributed by atoms with Crippen LogP contribution in [-0.2, 0) is 4.79 Å². The summed E-state index contributed by atoms with van der Waals surface area (Å²) in [5.41, 5.74) is 2.20. The molecule has 1 heterocycles. The zero-order chi connectivity index (χ0) is 13.4. The Morgan fingerprint density at radius 2 is 2.17 bits per heavy atom. The lowest BCUT2D eigenvalue weighted by atomic mass is 10.0. The number of rotatable bonds is 7. The fourth-order valence-electron chi connectivity index (χ4n) is 2.74. The molecule has 1 unspecified atom stereocenters. The van der Waals surface area contributed by atoms with Crippen LogP contribution in [0.2, 0.25) is 0 Å². The normalized spacial score (nSPS) is 18.9. The third-order valence-electron chi connectivity index (χ3n) is 3.78. The number of hydrogen-bond acceptors (Lipinski definition) is 4. The predicted molar refractivity (Wildman–Crippen MR) is 73.9 cm³/mol. The van der Waals surface area contributed by atoms with Crippen LogP contribution in [0.4, 0.5) is 0 Å². The quantitative estimate of drug-likeness (QED) is 0.354. The second-order valence-corrected chi connectivity index (χ2v) is 5.17. The van der Waals surface area contributed by atoms with Crippen molar-refractivity contribution in [3.8, 4) is 0 Å². The van der Waals surface area contributed by atoms with Crippen LogP contribution in [0.1, 0.15) is 46.0 Å². The number of piperidine rings is 1. The first-order valence-corrected chi connectivity index (χ1v) is 7.15. The van der Waals surface area contributed by atoms with Crippen molar-refractivity contribution >= 4 is 5.91 Å². The van der Waals surface area contributed by atoms with Gasteiger partial charge in [0.15, 0.2) is 0 Å². The highest BCUT2D eigenvalue weighted by atomic mass is 16.2. The van der Waals surface area contributed by atoms with Crippen molar-refractivity contribution in [2.45, 2.75) is 58.0 Å². The van der Waals surface area contributed by atoms with E-state index in [0.29, 0.717) is 18.5 Å². The Morgan fingerprint density at radius 1 is 1.50 bits per heavy atom. The molecule has 1 aliphatic rings. The third-order valence-corrected chi connectivity index (χ3v) is 3.78. The molecule has 0 radical (unpaired) electrons. The largest absolute Gasteiger partial charge is 0.317 e. The summed E-state index contributed by atoms with van der Waals surface area (Å²) in [6, 6.07) is 1.12. The highest BCUT2D eigenvalue weighted by Gasteiger charge is 2.24. The summed E-state index contributed by atoms with van der Waals surface area (Å²) in [6.07, 6.45) is 4.99. The molecule has 1 saturated heterocycles. The maximum atomic E-state index is 11.2. The maximum absolute atomic E-state index is 11.2. The smallest absolute Gasteiger partial charge is 0.233 e. The molecule has 0 saturated carbocycles. The first kappa shape index (κ1) is 15.4. The van der Waals surface area contributed by atoms with E-state index >= 15 is 0 Å². The molecule has 106 valence electrons. The molecule has 18 heavy (non-hydrogen) atoms. The molecule has 0 aromatic rings. The second-order valence-electron chi connectivity index (χ2n) is 5.17. The molecule has 5 nitrogen and oxygen atoms in total. The summed E-state index contributed by atoms with van der Waals surface area (Å²) >= 11 is 0. The van der Waals surface area contributed by atoms with Gasteiger partial charge in [0.1, 0.15) is 0 Å². The molecule has 1 rings (SSSR count). The van der Waals surface area contributed by atoms with Crippen molar-refractivity contribution < 1.29 is 4.79 Å². The van der Waals surface area contributed by atoms with Gasteiger partial charge in [0.2, 0.25) is 5.91 Å². The standard InChI is InChI=1S/C13H28N4O/c1-3-10-17(12-6-8-15-9-7-12)11(2)4-5-13(18)16-14/h11-12,15H,3-10,14H2,1-2H3,(H,16,18). The number of nitrogens with zero attached hydrogens (tertiary/aromatic N) is 1. The minimum Gasteiger partial charge on any atom is -0.317 e. The van der Waals surface area contributed by atoms with Gasteiger partial charge in [-0.2, -0.15) is 0 Å². The van der Waals surface area contributed by atoms with E-state index in [2.05, 4.69) is 29.5 Å². The van der Waals surface area contributed by atoms with Crippen molar-refractivity contribution in [1.82, 2.24) is 15.6 Å². The average molecular weight is 256 g/mol. The van der Waals surface area contributed by atoms with Crippen molar-refractivity contribution in [2.75, 3.05) is 19.6 Å². The Kier molecular flexibility index (Phi) is 7.23. The molecular weight excluding hydrogens is 228 g/mol. The first-order chi connectivity index (χ1) is 8.69. The van der Waals surface area contributed by atoms with E-state index in [4.69, 9.17) is 5.84 Å². The highest BCUT2D eigenvalue weighted by Crippen LogP contribution is 2.18. The Bertz CT molecular complexity index is 241. The van der Waals surface area contributed by atoms with Crippen molar-refractivity contribution in [1.29, 1.82) is 0 Å². The summed E-state index contributed by atoms with van der Waals surface area (Å²) in [5.74, 6) is 5.05. The van der Waals surface area contributed by atoms with E-state index in [1.807, 2.05) is 0 Å². The van der Waals surface area contributed by atoms with Gasteiger partial charge in [-0.05, 0) is 52.2 Å². The fourth-order valence-corrected chi connectivity index (χ4v) is 2.74. The molecule has 5 heteroatoms. The van der Waals surface area contributed by atoms with E-state index in [-0.39, 0.29) is 5.91 Å². The van der Waals surface area contributed by atoms with Gasteiger partial charge in [0.25, 0.3) is 0 Å². The van der Waals surface area contributed by atoms with E-state index < -0.39 is 0 Å². The van der Waals surface area contributed by atoms with Crippen LogP contribution in [0.5, 0.6) is 0 Å². The minimum atomic E-state index is -0.0661. The van der Waals surface area contributed by atoms with Gasteiger partial charge in [-0.1, -0.05) is 6.92 Å². The van der Waals surface area contributed by atoms with Crippen LogP contribution in [0.15, 0.2) is 0 Å².